The lowest BCUT2D eigenvalue weighted by atomic mass is 9.82. The van der Waals surface area contributed by atoms with Crippen molar-refractivity contribution in [2.75, 3.05) is 10.6 Å². The maximum atomic E-state index is 4.06. The molecule has 266 valence electrons. The zero-order valence-electron chi connectivity index (χ0n) is 33.5. The molecule has 0 aliphatic heterocycles. The van der Waals surface area contributed by atoms with Gasteiger partial charge in [0.25, 0.3) is 0 Å². The molecule has 48 heavy (non-hydrogen) atoms. The van der Waals surface area contributed by atoms with E-state index in [4.69, 9.17) is 0 Å². The second kappa shape index (κ2) is 17.3. The summed E-state index contributed by atoms with van der Waals surface area (Å²) in [7, 11) is 0. The second-order valence-electron chi connectivity index (χ2n) is 17.6. The minimum absolute atomic E-state index is 0.0203. The minimum Gasteiger partial charge on any atom is -0.355 e. The lowest BCUT2D eigenvalue weighted by molar-refractivity contribution is 0.587. The van der Waals surface area contributed by atoms with Gasteiger partial charge in [-0.15, -0.1) is 0 Å². The van der Waals surface area contributed by atoms with Crippen molar-refractivity contribution in [3.8, 4) is 0 Å². The summed E-state index contributed by atoms with van der Waals surface area (Å²) < 4.78 is 0. The summed E-state index contributed by atoms with van der Waals surface area (Å²) in [6.45, 7) is 30.4. The van der Waals surface area contributed by atoms with Gasteiger partial charge >= 0.3 is 0 Å². The molecule has 2 N–H and O–H groups in total. The van der Waals surface area contributed by atoms with Crippen LogP contribution in [0.15, 0.2) is 42.5 Å². The van der Waals surface area contributed by atoms with Gasteiger partial charge in [0, 0.05) is 22.7 Å². The third-order valence-electron chi connectivity index (χ3n) is 9.87. The first-order chi connectivity index (χ1) is 22.5. The van der Waals surface area contributed by atoms with Crippen molar-refractivity contribution in [2.24, 2.45) is 0 Å². The highest BCUT2D eigenvalue weighted by Crippen LogP contribution is 2.39. The Kier molecular flexibility index (Phi) is 14.3. The number of nitrogens with one attached hydrogen (secondary N) is 2. The fraction of sp³-hybridized carbons (Fsp3) is 0.609. The topological polar surface area (TPSA) is 24.1 Å². The Morgan fingerprint density at radius 1 is 0.375 bits per heavy atom. The van der Waals surface area contributed by atoms with E-state index >= 15 is 0 Å². The Bertz CT molecular complexity index is 1300. The van der Waals surface area contributed by atoms with Gasteiger partial charge in [0.05, 0.1) is 0 Å². The predicted molar refractivity (Wildman–Crippen MR) is 216 cm³/mol. The van der Waals surface area contributed by atoms with E-state index in [-0.39, 0.29) is 16.2 Å². The minimum atomic E-state index is 0.0203. The molecule has 2 heteroatoms. The van der Waals surface area contributed by atoms with Crippen molar-refractivity contribution in [3.63, 3.8) is 0 Å². The highest BCUT2D eigenvalue weighted by Gasteiger charge is 2.22. The third kappa shape index (κ3) is 11.1. The number of hydrogen-bond donors (Lipinski definition) is 2. The molecule has 0 fully saturated rings. The van der Waals surface area contributed by atoms with Crippen LogP contribution in [0.1, 0.15) is 180 Å². The van der Waals surface area contributed by atoms with Gasteiger partial charge in [-0.2, -0.15) is 0 Å². The van der Waals surface area contributed by atoms with Crippen molar-refractivity contribution in [3.05, 3.63) is 81.4 Å². The molecule has 0 atom stereocenters. The average molecular weight is 653 g/mol. The van der Waals surface area contributed by atoms with Crippen LogP contribution in [0.4, 0.5) is 22.7 Å². The van der Waals surface area contributed by atoms with E-state index in [0.29, 0.717) is 0 Å². The van der Waals surface area contributed by atoms with Crippen LogP contribution in [0.3, 0.4) is 0 Å². The first kappa shape index (κ1) is 39.7. The van der Waals surface area contributed by atoms with Crippen LogP contribution >= 0.6 is 0 Å². The van der Waals surface area contributed by atoms with Gasteiger partial charge in [0.15, 0.2) is 0 Å². The highest BCUT2D eigenvalue weighted by molar-refractivity contribution is 5.75. The molecule has 0 saturated carbocycles. The first-order valence-corrected chi connectivity index (χ1v) is 19.5. The number of benzene rings is 3. The molecular formula is C46H72N2. The Hall–Kier alpha value is -2.74. The summed E-state index contributed by atoms with van der Waals surface area (Å²) in [4.78, 5) is 0. The lowest BCUT2D eigenvalue weighted by Crippen LogP contribution is -2.15. The van der Waals surface area contributed by atoms with Crippen LogP contribution in [-0.4, -0.2) is 0 Å². The smallest absolute Gasteiger partial charge is 0.0449 e. The van der Waals surface area contributed by atoms with Gasteiger partial charge in [-0.05, 0) is 125 Å². The maximum absolute atomic E-state index is 4.06. The van der Waals surface area contributed by atoms with Crippen LogP contribution in [0, 0.1) is 0 Å². The molecule has 0 spiro atoms. The Labute approximate surface area is 297 Å². The van der Waals surface area contributed by atoms with Gasteiger partial charge in [-0.25, -0.2) is 0 Å². The third-order valence-corrected chi connectivity index (χ3v) is 9.87. The molecule has 0 aliphatic rings. The van der Waals surface area contributed by atoms with Gasteiger partial charge < -0.3 is 10.6 Å². The molecule has 0 heterocycles. The molecule has 0 aliphatic carbocycles. The van der Waals surface area contributed by atoms with Gasteiger partial charge in [0.1, 0.15) is 0 Å². The molecule has 0 unspecified atom stereocenters. The quantitative estimate of drug-likeness (QED) is 0.161. The number of anilines is 4. The Morgan fingerprint density at radius 3 is 0.854 bits per heavy atom. The summed E-state index contributed by atoms with van der Waals surface area (Å²) in [5.74, 6) is 0. The number of unbranched alkanes of at least 4 members (excludes halogenated alkanes) is 4. The van der Waals surface area contributed by atoms with Crippen LogP contribution in [-0.2, 0) is 41.9 Å². The molecule has 0 amide bonds. The van der Waals surface area contributed by atoms with Crippen molar-refractivity contribution >= 4 is 22.7 Å². The fourth-order valence-electron chi connectivity index (χ4n) is 6.47. The average Bonchev–Trinajstić information content (AvgIpc) is 3.00. The first-order valence-electron chi connectivity index (χ1n) is 19.5. The summed E-state index contributed by atoms with van der Waals surface area (Å²) >= 11 is 0. The molecular weight excluding hydrogens is 581 g/mol. The number of hydrogen-bond acceptors (Lipinski definition) is 2. The van der Waals surface area contributed by atoms with Crippen LogP contribution in [0.2, 0.25) is 0 Å². The van der Waals surface area contributed by atoms with Crippen molar-refractivity contribution in [2.45, 2.75) is 183 Å². The summed E-state index contributed by atoms with van der Waals surface area (Å²) in [5.41, 5.74) is 15.4. The zero-order valence-corrected chi connectivity index (χ0v) is 33.5. The predicted octanol–water partition coefficient (Wildman–Crippen LogP) is 14.4. The van der Waals surface area contributed by atoms with Crippen molar-refractivity contribution in [1.82, 2.24) is 0 Å². The van der Waals surface area contributed by atoms with Crippen molar-refractivity contribution in [1.29, 1.82) is 0 Å². The van der Waals surface area contributed by atoms with Crippen molar-refractivity contribution < 1.29 is 0 Å². The molecule has 0 aromatic heterocycles. The highest BCUT2D eigenvalue weighted by atomic mass is 14.9. The molecule has 0 bridgehead atoms. The monoisotopic (exact) mass is 653 g/mol. The van der Waals surface area contributed by atoms with E-state index < -0.39 is 0 Å². The molecule has 0 radical (unpaired) electrons. The molecule has 3 rings (SSSR count). The number of aryl methyl sites for hydroxylation is 4. The van der Waals surface area contributed by atoms with Gasteiger partial charge in [-0.3, -0.25) is 0 Å². The van der Waals surface area contributed by atoms with E-state index in [1.54, 1.807) is 0 Å². The molecule has 2 nitrogen and oxygen atoms in total. The van der Waals surface area contributed by atoms with Gasteiger partial charge in [0.2, 0.25) is 0 Å². The van der Waals surface area contributed by atoms with E-state index in [9.17, 15) is 0 Å². The Morgan fingerprint density at radius 2 is 0.625 bits per heavy atom. The zero-order chi connectivity index (χ0) is 35.7. The standard InChI is InChI=1S/C46H72N2/c1-14-18-22-33-26-37(44(5,6)7)27-34(23-19-15-2)42(33)47-40-30-39(46(11,12)13)31-41(32-40)48-43-35(24-20-16-3)28-38(45(8,9)10)29-36(43)25-21-17-4/h26-32,47-48H,14-25H2,1-13H3. The van der Waals surface area contributed by atoms with Crippen LogP contribution < -0.4 is 10.6 Å². The number of rotatable bonds is 16. The SMILES string of the molecule is CCCCc1cc(C(C)(C)C)cc(CCCC)c1Nc1cc(Nc2c(CCCC)cc(C(C)(C)C)cc2CCCC)cc(C(C)(C)C)c1. The van der Waals surface area contributed by atoms with E-state index in [2.05, 4.69) is 143 Å². The van der Waals surface area contributed by atoms with Crippen LogP contribution in [0.25, 0.3) is 0 Å². The molecule has 3 aromatic carbocycles. The van der Waals surface area contributed by atoms with Gasteiger partial charge in [-0.1, -0.05) is 140 Å². The normalized spacial score (nSPS) is 12.4. The van der Waals surface area contributed by atoms with E-state index in [1.165, 1.54) is 113 Å². The Balaban J connectivity index is 2.23. The molecule has 0 saturated heterocycles. The summed E-state index contributed by atoms with van der Waals surface area (Å²) in [6, 6.07) is 17.1. The van der Waals surface area contributed by atoms with Crippen LogP contribution in [0.5, 0.6) is 0 Å². The fourth-order valence-corrected chi connectivity index (χ4v) is 6.47. The second-order valence-corrected chi connectivity index (χ2v) is 17.6. The largest absolute Gasteiger partial charge is 0.355 e. The van der Waals surface area contributed by atoms with E-state index in [0.717, 1.165) is 25.7 Å². The van der Waals surface area contributed by atoms with E-state index in [1.807, 2.05) is 0 Å². The molecule has 3 aromatic rings. The lowest BCUT2D eigenvalue weighted by Gasteiger charge is -2.27. The summed E-state index contributed by atoms with van der Waals surface area (Å²) in [5, 5.41) is 8.13. The summed E-state index contributed by atoms with van der Waals surface area (Å²) in [6.07, 6.45) is 14.0. The maximum Gasteiger partial charge on any atom is 0.0449 e.